The highest BCUT2D eigenvalue weighted by Crippen LogP contribution is 2.27. The van der Waals surface area contributed by atoms with Crippen LogP contribution in [-0.2, 0) is 18.3 Å². The molecule has 0 saturated heterocycles. The maximum absolute atomic E-state index is 4.78. The van der Waals surface area contributed by atoms with Crippen molar-refractivity contribution in [2.75, 3.05) is 19.6 Å². The van der Waals surface area contributed by atoms with Crippen LogP contribution in [0.25, 0.3) is 0 Å². The first-order valence-corrected chi connectivity index (χ1v) is 10.3. The zero-order chi connectivity index (χ0) is 17.4. The lowest BCUT2D eigenvalue weighted by molar-refractivity contribution is 0.548. The van der Waals surface area contributed by atoms with Gasteiger partial charge < -0.3 is 10.6 Å². The van der Waals surface area contributed by atoms with Crippen molar-refractivity contribution >= 4 is 52.6 Å². The first-order valence-electron chi connectivity index (χ1n) is 8.54. The molecule has 0 aliphatic carbocycles. The van der Waals surface area contributed by atoms with Crippen LogP contribution in [0.2, 0.25) is 0 Å². The van der Waals surface area contributed by atoms with Crippen LogP contribution in [0.5, 0.6) is 0 Å². The average Bonchev–Trinajstić information content (AvgIpc) is 3.24. The Kier molecular flexibility index (Phi) is 9.96. The molecule has 0 unspecified atom stereocenters. The lowest BCUT2D eigenvalue weighted by Crippen LogP contribution is -2.39. The maximum atomic E-state index is 4.78. The minimum Gasteiger partial charge on any atom is -0.357 e. The third-order valence-corrected chi connectivity index (χ3v) is 6.02. The van der Waals surface area contributed by atoms with Gasteiger partial charge in [-0.3, -0.25) is 4.99 Å². The van der Waals surface area contributed by atoms with Gasteiger partial charge in [0.2, 0.25) is 0 Å². The second-order valence-electron chi connectivity index (χ2n) is 6.32. The number of nitrogens with zero attached hydrogens (tertiary/aromatic N) is 2. The number of rotatable bonds is 8. The standard InChI is InChI=1S/C18H28N4S2.HI/c1-5-16-22-14(12-24-16)9-10-20-17(19-6-2)21-13-18(3,4)15-8-7-11-23-15;/h7-8,11-12H,5-6,9-10,13H2,1-4H3,(H2,19,20,21);1H. The first kappa shape index (κ1) is 22.4. The van der Waals surface area contributed by atoms with Crippen LogP contribution in [0.4, 0.5) is 0 Å². The molecule has 2 heterocycles. The number of hydrogen-bond donors (Lipinski definition) is 2. The van der Waals surface area contributed by atoms with E-state index in [1.54, 1.807) is 22.7 Å². The summed E-state index contributed by atoms with van der Waals surface area (Å²) >= 11 is 3.54. The van der Waals surface area contributed by atoms with Crippen molar-refractivity contribution in [2.45, 2.75) is 46.0 Å². The quantitative estimate of drug-likeness (QED) is 0.325. The van der Waals surface area contributed by atoms with E-state index in [-0.39, 0.29) is 29.4 Å². The van der Waals surface area contributed by atoms with Gasteiger partial charge in [-0.05, 0) is 24.8 Å². The fraction of sp³-hybridized carbons (Fsp3) is 0.556. The molecule has 2 aromatic rings. The highest BCUT2D eigenvalue weighted by Gasteiger charge is 2.21. The molecule has 2 N–H and O–H groups in total. The molecule has 0 spiro atoms. The van der Waals surface area contributed by atoms with E-state index >= 15 is 0 Å². The van der Waals surface area contributed by atoms with Gasteiger partial charge in [-0.15, -0.1) is 46.7 Å². The molecule has 0 saturated carbocycles. The third-order valence-electron chi connectivity index (χ3n) is 3.74. The van der Waals surface area contributed by atoms with Gasteiger partial charge in [-0.1, -0.05) is 26.8 Å². The maximum Gasteiger partial charge on any atom is 0.191 e. The van der Waals surface area contributed by atoms with Gasteiger partial charge in [-0.2, -0.15) is 0 Å². The Morgan fingerprint density at radius 2 is 2.04 bits per heavy atom. The molecule has 140 valence electrons. The van der Waals surface area contributed by atoms with Crippen LogP contribution < -0.4 is 10.6 Å². The van der Waals surface area contributed by atoms with Crippen LogP contribution in [0.15, 0.2) is 27.9 Å². The molecular weight excluding hydrogens is 463 g/mol. The zero-order valence-corrected chi connectivity index (χ0v) is 19.4. The van der Waals surface area contributed by atoms with Crippen molar-refractivity contribution < 1.29 is 0 Å². The number of aromatic nitrogens is 1. The Morgan fingerprint density at radius 1 is 1.24 bits per heavy atom. The van der Waals surface area contributed by atoms with Gasteiger partial charge in [0.1, 0.15) is 0 Å². The van der Waals surface area contributed by atoms with Gasteiger partial charge in [0.25, 0.3) is 0 Å². The third kappa shape index (κ3) is 7.22. The molecule has 0 fully saturated rings. The van der Waals surface area contributed by atoms with Crippen LogP contribution in [0.3, 0.4) is 0 Å². The largest absolute Gasteiger partial charge is 0.357 e. The number of aryl methyl sites for hydroxylation is 1. The molecule has 2 aromatic heterocycles. The molecular formula is C18H29IN4S2. The molecule has 25 heavy (non-hydrogen) atoms. The average molecular weight is 492 g/mol. The second-order valence-corrected chi connectivity index (χ2v) is 8.21. The van der Waals surface area contributed by atoms with Crippen molar-refractivity contribution in [2.24, 2.45) is 4.99 Å². The zero-order valence-electron chi connectivity index (χ0n) is 15.5. The van der Waals surface area contributed by atoms with Crippen LogP contribution in [0, 0.1) is 0 Å². The summed E-state index contributed by atoms with van der Waals surface area (Å²) in [6, 6.07) is 4.29. The molecule has 0 amide bonds. The van der Waals surface area contributed by atoms with E-state index in [0.29, 0.717) is 0 Å². The predicted octanol–water partition coefficient (Wildman–Crippen LogP) is 4.46. The molecule has 0 atom stereocenters. The van der Waals surface area contributed by atoms with Crippen molar-refractivity contribution in [1.29, 1.82) is 0 Å². The van der Waals surface area contributed by atoms with E-state index in [1.165, 1.54) is 15.6 Å². The Balaban J connectivity index is 0.00000312. The monoisotopic (exact) mass is 492 g/mol. The van der Waals surface area contributed by atoms with E-state index in [4.69, 9.17) is 4.99 Å². The summed E-state index contributed by atoms with van der Waals surface area (Å²) in [6.07, 6.45) is 1.94. The minimum absolute atomic E-state index is 0. The number of nitrogens with one attached hydrogen (secondary N) is 2. The fourth-order valence-corrected chi connectivity index (χ4v) is 3.92. The number of hydrogen-bond acceptors (Lipinski definition) is 4. The van der Waals surface area contributed by atoms with Gasteiger partial charge in [0.15, 0.2) is 5.96 Å². The lowest BCUT2D eigenvalue weighted by atomic mass is 9.92. The van der Waals surface area contributed by atoms with Crippen molar-refractivity contribution in [3.8, 4) is 0 Å². The van der Waals surface area contributed by atoms with E-state index in [2.05, 4.69) is 66.2 Å². The number of thiazole rings is 1. The summed E-state index contributed by atoms with van der Waals surface area (Å²) in [5.74, 6) is 0.882. The molecule has 7 heteroatoms. The van der Waals surface area contributed by atoms with Gasteiger partial charge in [0.05, 0.1) is 17.2 Å². The molecule has 0 aliphatic heterocycles. The Hall–Kier alpha value is -0.670. The number of guanidine groups is 1. The Labute approximate surface area is 176 Å². The summed E-state index contributed by atoms with van der Waals surface area (Å²) in [4.78, 5) is 10.8. The van der Waals surface area contributed by atoms with Gasteiger partial charge in [0, 0.05) is 35.2 Å². The number of halogens is 1. The second kappa shape index (κ2) is 11.1. The summed E-state index contributed by atoms with van der Waals surface area (Å²) in [6.45, 7) is 11.2. The van der Waals surface area contributed by atoms with Gasteiger partial charge in [-0.25, -0.2) is 4.98 Å². The lowest BCUT2D eigenvalue weighted by Gasteiger charge is -2.21. The normalized spacial score (nSPS) is 11.9. The van der Waals surface area contributed by atoms with E-state index in [1.807, 2.05) is 0 Å². The Bertz CT molecular complexity index is 635. The summed E-state index contributed by atoms with van der Waals surface area (Å²) < 4.78 is 0. The fourth-order valence-electron chi connectivity index (χ4n) is 2.30. The molecule has 0 bridgehead atoms. The molecule has 2 rings (SSSR count). The van der Waals surface area contributed by atoms with Crippen LogP contribution >= 0.6 is 46.7 Å². The van der Waals surface area contributed by atoms with Gasteiger partial charge >= 0.3 is 0 Å². The molecule has 4 nitrogen and oxygen atoms in total. The van der Waals surface area contributed by atoms with E-state index in [0.717, 1.165) is 38.4 Å². The van der Waals surface area contributed by atoms with E-state index < -0.39 is 0 Å². The van der Waals surface area contributed by atoms with Crippen LogP contribution in [-0.4, -0.2) is 30.6 Å². The van der Waals surface area contributed by atoms with Crippen molar-refractivity contribution in [3.05, 3.63) is 38.5 Å². The number of aliphatic imine (C=N–C) groups is 1. The molecule has 0 radical (unpaired) electrons. The summed E-state index contributed by atoms with van der Waals surface area (Å²) in [7, 11) is 0. The molecule has 0 aliphatic rings. The minimum atomic E-state index is 0. The number of thiophene rings is 1. The highest BCUT2D eigenvalue weighted by atomic mass is 127. The smallest absolute Gasteiger partial charge is 0.191 e. The van der Waals surface area contributed by atoms with Crippen molar-refractivity contribution in [1.82, 2.24) is 15.6 Å². The van der Waals surface area contributed by atoms with Crippen molar-refractivity contribution in [3.63, 3.8) is 0 Å². The molecule has 0 aromatic carbocycles. The highest BCUT2D eigenvalue weighted by molar-refractivity contribution is 14.0. The predicted molar refractivity (Wildman–Crippen MR) is 122 cm³/mol. The first-order chi connectivity index (χ1) is 11.5. The topological polar surface area (TPSA) is 49.3 Å². The van der Waals surface area contributed by atoms with E-state index in [9.17, 15) is 0 Å². The summed E-state index contributed by atoms with van der Waals surface area (Å²) in [5, 5.41) is 12.2. The Morgan fingerprint density at radius 3 is 2.64 bits per heavy atom. The van der Waals surface area contributed by atoms with Crippen LogP contribution in [0.1, 0.15) is 43.3 Å². The SMILES string of the molecule is CCNC(=NCC(C)(C)c1cccs1)NCCc1csc(CC)n1.I. The summed E-state index contributed by atoms with van der Waals surface area (Å²) in [5.41, 5.74) is 1.22.